The highest BCUT2D eigenvalue weighted by atomic mass is 32.2. The van der Waals surface area contributed by atoms with Crippen LogP contribution in [0.2, 0.25) is 0 Å². The Morgan fingerprint density at radius 2 is 1.53 bits per heavy atom. The molecule has 4 nitrogen and oxygen atoms in total. The van der Waals surface area contributed by atoms with Gasteiger partial charge in [-0.3, -0.25) is 9.59 Å². The van der Waals surface area contributed by atoms with Crippen molar-refractivity contribution in [2.45, 2.75) is 26.7 Å². The lowest BCUT2D eigenvalue weighted by Crippen LogP contribution is -2.25. The topological polar surface area (TPSA) is 86.2 Å². The zero-order valence-corrected chi connectivity index (χ0v) is 10.7. The van der Waals surface area contributed by atoms with E-state index in [0.717, 1.165) is 36.4 Å². The van der Waals surface area contributed by atoms with Crippen LogP contribution in [0.3, 0.4) is 0 Å². The summed E-state index contributed by atoms with van der Waals surface area (Å²) >= 11 is 2.21. The predicted molar refractivity (Wildman–Crippen MR) is 67.1 cm³/mol. The number of rotatable bonds is 6. The van der Waals surface area contributed by atoms with Crippen LogP contribution in [0.25, 0.3) is 0 Å². The first-order chi connectivity index (χ1) is 6.89. The molecule has 0 saturated heterocycles. The Morgan fingerprint density at radius 3 is 1.80 bits per heavy atom. The molecule has 0 unspecified atom stereocenters. The van der Waals surface area contributed by atoms with Crippen molar-refractivity contribution in [3.8, 4) is 0 Å². The van der Waals surface area contributed by atoms with Gasteiger partial charge in [-0.2, -0.15) is 0 Å². The highest BCUT2D eigenvalue weighted by molar-refractivity contribution is 8.14. The van der Waals surface area contributed by atoms with Crippen molar-refractivity contribution in [3.05, 3.63) is 0 Å². The molecular formula is C9H18N2O2S2. The van der Waals surface area contributed by atoms with Crippen LogP contribution in [0, 0.1) is 5.41 Å². The SMILES string of the molecule is CCCC(C)(CSC(N)=O)CSC(N)=O. The van der Waals surface area contributed by atoms with Crippen LogP contribution in [0.1, 0.15) is 26.7 Å². The lowest BCUT2D eigenvalue weighted by atomic mass is 9.90. The third kappa shape index (κ3) is 7.56. The summed E-state index contributed by atoms with van der Waals surface area (Å²) in [6.45, 7) is 4.12. The predicted octanol–water partition coefficient (Wildman–Crippen LogP) is 2.42. The van der Waals surface area contributed by atoms with Crippen molar-refractivity contribution in [1.82, 2.24) is 0 Å². The fraction of sp³-hybridized carbons (Fsp3) is 0.778. The van der Waals surface area contributed by atoms with Crippen molar-refractivity contribution < 1.29 is 9.59 Å². The lowest BCUT2D eigenvalue weighted by Gasteiger charge is -2.27. The Labute approximate surface area is 98.9 Å². The van der Waals surface area contributed by atoms with Crippen molar-refractivity contribution in [3.63, 3.8) is 0 Å². The fourth-order valence-electron chi connectivity index (χ4n) is 1.28. The van der Waals surface area contributed by atoms with Gasteiger partial charge in [-0.05, 0) is 11.8 Å². The number of carbonyl (C=O) groups excluding carboxylic acids is 2. The average Bonchev–Trinajstić information content (AvgIpc) is 2.13. The van der Waals surface area contributed by atoms with Crippen molar-refractivity contribution in [2.75, 3.05) is 11.5 Å². The van der Waals surface area contributed by atoms with Crippen LogP contribution in [-0.4, -0.2) is 22.0 Å². The molecule has 0 aliphatic heterocycles. The van der Waals surface area contributed by atoms with Gasteiger partial charge in [-0.25, -0.2) is 0 Å². The van der Waals surface area contributed by atoms with Gasteiger partial charge in [0.25, 0.3) is 10.5 Å². The van der Waals surface area contributed by atoms with Gasteiger partial charge in [-0.1, -0.05) is 43.8 Å². The van der Waals surface area contributed by atoms with Crippen LogP contribution < -0.4 is 11.5 Å². The summed E-state index contributed by atoms with van der Waals surface area (Å²) in [7, 11) is 0. The van der Waals surface area contributed by atoms with Gasteiger partial charge in [0, 0.05) is 11.5 Å². The van der Waals surface area contributed by atoms with E-state index in [1.165, 1.54) is 0 Å². The fourth-order valence-corrected chi connectivity index (χ4v) is 2.88. The van der Waals surface area contributed by atoms with Crippen LogP contribution in [0.4, 0.5) is 9.59 Å². The van der Waals surface area contributed by atoms with E-state index in [4.69, 9.17) is 11.5 Å². The minimum absolute atomic E-state index is 0.0614. The average molecular weight is 250 g/mol. The summed E-state index contributed by atoms with van der Waals surface area (Å²) in [6, 6.07) is 0. The molecule has 0 bridgehead atoms. The van der Waals surface area contributed by atoms with Crippen molar-refractivity contribution in [2.24, 2.45) is 16.9 Å². The quantitative estimate of drug-likeness (QED) is 0.758. The Hall–Kier alpha value is -0.360. The van der Waals surface area contributed by atoms with Crippen LogP contribution in [0.5, 0.6) is 0 Å². The number of carbonyl (C=O) groups is 2. The zero-order valence-electron chi connectivity index (χ0n) is 9.12. The van der Waals surface area contributed by atoms with Crippen LogP contribution in [-0.2, 0) is 0 Å². The van der Waals surface area contributed by atoms with E-state index in [0.29, 0.717) is 11.5 Å². The molecule has 0 rings (SSSR count). The maximum atomic E-state index is 10.7. The maximum absolute atomic E-state index is 10.7. The summed E-state index contributed by atoms with van der Waals surface area (Å²) in [5, 5.41) is -0.747. The molecule has 6 heteroatoms. The Morgan fingerprint density at radius 1 is 1.13 bits per heavy atom. The van der Waals surface area contributed by atoms with Crippen molar-refractivity contribution >= 4 is 34.0 Å². The zero-order chi connectivity index (χ0) is 11.9. The first-order valence-corrected chi connectivity index (χ1v) is 6.71. The molecule has 15 heavy (non-hydrogen) atoms. The van der Waals surface area contributed by atoms with Gasteiger partial charge >= 0.3 is 0 Å². The molecule has 0 aliphatic carbocycles. The first-order valence-electron chi connectivity index (χ1n) is 4.74. The Bertz CT molecular complexity index is 216. The molecule has 0 atom stereocenters. The second kappa shape index (κ2) is 7.00. The van der Waals surface area contributed by atoms with Crippen LogP contribution in [0.15, 0.2) is 0 Å². The lowest BCUT2D eigenvalue weighted by molar-refractivity contribution is 0.266. The highest BCUT2D eigenvalue weighted by Gasteiger charge is 2.25. The Balaban J connectivity index is 4.17. The van der Waals surface area contributed by atoms with Crippen LogP contribution >= 0.6 is 23.5 Å². The second-order valence-corrected chi connectivity index (χ2v) is 5.74. The molecule has 88 valence electrons. The van der Waals surface area contributed by atoms with E-state index in [-0.39, 0.29) is 15.9 Å². The molecule has 0 heterocycles. The summed E-state index contributed by atoms with van der Waals surface area (Å²) in [5.41, 5.74) is 10.1. The van der Waals surface area contributed by atoms with E-state index < -0.39 is 0 Å². The standard InChI is InChI=1S/C9H18N2O2S2/c1-3-4-9(2,5-14-7(10)12)6-15-8(11)13/h3-6H2,1-2H3,(H2,10,12)(H2,11,13). The van der Waals surface area contributed by atoms with Gasteiger partial charge in [-0.15, -0.1) is 0 Å². The number of hydrogen-bond acceptors (Lipinski definition) is 4. The van der Waals surface area contributed by atoms with Gasteiger partial charge < -0.3 is 11.5 Å². The van der Waals surface area contributed by atoms with E-state index >= 15 is 0 Å². The number of hydrogen-bond donors (Lipinski definition) is 2. The summed E-state index contributed by atoms with van der Waals surface area (Å²) in [4.78, 5) is 21.4. The molecule has 0 aromatic rings. The molecule has 0 aliphatic rings. The minimum atomic E-state index is -0.374. The third-order valence-electron chi connectivity index (χ3n) is 1.98. The van der Waals surface area contributed by atoms with E-state index in [1.807, 2.05) is 6.92 Å². The maximum Gasteiger partial charge on any atom is 0.276 e. The molecule has 0 fully saturated rings. The summed E-state index contributed by atoms with van der Waals surface area (Å²) in [5.74, 6) is 1.27. The Kier molecular flexibility index (Phi) is 6.84. The highest BCUT2D eigenvalue weighted by Crippen LogP contribution is 2.31. The largest absolute Gasteiger partial charge is 0.361 e. The molecule has 0 aromatic heterocycles. The van der Waals surface area contributed by atoms with E-state index in [2.05, 4.69) is 6.92 Å². The molecule has 0 saturated carbocycles. The number of thioether (sulfide) groups is 2. The van der Waals surface area contributed by atoms with E-state index in [9.17, 15) is 9.59 Å². The summed E-state index contributed by atoms with van der Waals surface area (Å²) in [6.07, 6.45) is 1.96. The molecule has 4 N–H and O–H groups in total. The van der Waals surface area contributed by atoms with Gasteiger partial charge in [0.05, 0.1) is 0 Å². The normalized spacial score (nSPS) is 11.3. The first kappa shape index (κ1) is 14.6. The number of amides is 2. The molecule has 0 spiro atoms. The smallest absolute Gasteiger partial charge is 0.276 e. The van der Waals surface area contributed by atoms with Crippen molar-refractivity contribution in [1.29, 1.82) is 0 Å². The molecule has 0 aromatic carbocycles. The number of primary amides is 2. The van der Waals surface area contributed by atoms with Gasteiger partial charge in [0.1, 0.15) is 0 Å². The van der Waals surface area contributed by atoms with E-state index in [1.54, 1.807) is 0 Å². The molecule has 2 amide bonds. The summed E-state index contributed by atoms with van der Waals surface area (Å²) < 4.78 is 0. The molecule has 0 radical (unpaired) electrons. The van der Waals surface area contributed by atoms with Gasteiger partial charge in [0.2, 0.25) is 0 Å². The third-order valence-corrected chi connectivity index (χ3v) is 4.23. The minimum Gasteiger partial charge on any atom is -0.361 e. The molecular weight excluding hydrogens is 232 g/mol. The number of nitrogens with two attached hydrogens (primary N) is 2. The second-order valence-electron chi connectivity index (χ2n) is 3.78. The monoisotopic (exact) mass is 250 g/mol. The van der Waals surface area contributed by atoms with Gasteiger partial charge in [0.15, 0.2) is 0 Å².